The van der Waals surface area contributed by atoms with E-state index in [2.05, 4.69) is 21.3 Å². The first-order valence-corrected chi connectivity index (χ1v) is 8.73. The molecule has 0 bridgehead atoms. The Morgan fingerprint density at radius 2 is 2.22 bits per heavy atom. The Kier molecular flexibility index (Phi) is 5.35. The molecule has 0 spiro atoms. The smallest absolute Gasteiger partial charge is 0.191 e. The molecular formula is C17H21N3O2S. The zero-order chi connectivity index (χ0) is 16.1. The van der Waals surface area contributed by atoms with Crippen molar-refractivity contribution in [3.8, 4) is 17.1 Å². The molecule has 6 heteroatoms. The molecule has 0 radical (unpaired) electrons. The lowest BCUT2D eigenvalue weighted by Gasteiger charge is -2.10. The normalized spacial score (nSPS) is 17.3. The van der Waals surface area contributed by atoms with E-state index in [9.17, 15) is 0 Å². The number of thioether (sulfide) groups is 1. The van der Waals surface area contributed by atoms with Gasteiger partial charge in [0.1, 0.15) is 5.75 Å². The monoisotopic (exact) mass is 331 g/mol. The lowest BCUT2D eigenvalue weighted by Crippen LogP contribution is -2.09. The molecule has 1 saturated heterocycles. The SMILES string of the molecule is C=CCn1c(SCC2CCCO2)nnc1-c1ccc(OC)cc1. The zero-order valence-corrected chi connectivity index (χ0v) is 14.1. The van der Waals surface area contributed by atoms with Crippen LogP contribution in [0.4, 0.5) is 0 Å². The highest BCUT2D eigenvalue weighted by atomic mass is 32.2. The zero-order valence-electron chi connectivity index (χ0n) is 13.3. The summed E-state index contributed by atoms with van der Waals surface area (Å²) >= 11 is 1.70. The molecule has 1 fully saturated rings. The molecule has 23 heavy (non-hydrogen) atoms. The standard InChI is InChI=1S/C17H21N3O2S/c1-3-10-20-16(13-6-8-14(21-2)9-7-13)18-19-17(20)23-12-15-5-4-11-22-15/h3,6-9,15H,1,4-5,10-12H2,2H3. The van der Waals surface area contributed by atoms with Crippen LogP contribution < -0.4 is 4.74 Å². The molecule has 3 rings (SSSR count). The van der Waals surface area contributed by atoms with Crippen molar-refractivity contribution in [2.45, 2.75) is 30.6 Å². The number of aromatic nitrogens is 3. The van der Waals surface area contributed by atoms with Crippen molar-refractivity contribution in [2.24, 2.45) is 0 Å². The number of methoxy groups -OCH3 is 1. The summed E-state index contributed by atoms with van der Waals surface area (Å²) in [5.41, 5.74) is 1.02. The van der Waals surface area contributed by atoms with Gasteiger partial charge in [-0.15, -0.1) is 16.8 Å². The highest BCUT2D eigenvalue weighted by Gasteiger charge is 2.19. The minimum absolute atomic E-state index is 0.332. The van der Waals surface area contributed by atoms with Gasteiger partial charge in [-0.05, 0) is 37.1 Å². The maximum absolute atomic E-state index is 5.68. The lowest BCUT2D eigenvalue weighted by molar-refractivity contribution is 0.129. The topological polar surface area (TPSA) is 49.2 Å². The Morgan fingerprint density at radius 1 is 1.39 bits per heavy atom. The summed E-state index contributed by atoms with van der Waals surface area (Å²) in [5, 5.41) is 9.63. The Balaban J connectivity index is 1.80. The Bertz CT molecular complexity index is 648. The van der Waals surface area contributed by atoms with E-state index in [4.69, 9.17) is 9.47 Å². The van der Waals surface area contributed by atoms with Gasteiger partial charge >= 0.3 is 0 Å². The van der Waals surface area contributed by atoms with Crippen LogP contribution in [0.25, 0.3) is 11.4 Å². The van der Waals surface area contributed by atoms with Gasteiger partial charge in [-0.3, -0.25) is 4.57 Å². The van der Waals surface area contributed by atoms with Crippen LogP contribution in [0.5, 0.6) is 5.75 Å². The van der Waals surface area contributed by atoms with Crippen molar-refractivity contribution in [1.82, 2.24) is 14.8 Å². The van der Waals surface area contributed by atoms with E-state index >= 15 is 0 Å². The van der Waals surface area contributed by atoms with E-state index < -0.39 is 0 Å². The summed E-state index contributed by atoms with van der Waals surface area (Å²) in [6, 6.07) is 7.86. The van der Waals surface area contributed by atoms with Crippen LogP contribution in [0, 0.1) is 0 Å². The van der Waals surface area contributed by atoms with Crippen LogP contribution in [-0.4, -0.2) is 40.3 Å². The van der Waals surface area contributed by atoms with Gasteiger partial charge in [0.25, 0.3) is 0 Å². The Hall–Kier alpha value is -1.79. The van der Waals surface area contributed by atoms with E-state index in [0.29, 0.717) is 12.6 Å². The van der Waals surface area contributed by atoms with Gasteiger partial charge in [0, 0.05) is 24.5 Å². The molecule has 2 aromatic rings. The van der Waals surface area contributed by atoms with Gasteiger partial charge < -0.3 is 9.47 Å². The van der Waals surface area contributed by atoms with Crippen molar-refractivity contribution >= 4 is 11.8 Å². The predicted octanol–water partition coefficient (Wildman–Crippen LogP) is 3.41. The van der Waals surface area contributed by atoms with E-state index in [0.717, 1.165) is 47.5 Å². The molecule has 1 unspecified atom stereocenters. The van der Waals surface area contributed by atoms with Crippen molar-refractivity contribution in [3.05, 3.63) is 36.9 Å². The van der Waals surface area contributed by atoms with E-state index in [-0.39, 0.29) is 0 Å². The molecule has 2 heterocycles. The Labute approximate surface area is 140 Å². The summed E-state index contributed by atoms with van der Waals surface area (Å²) in [6.45, 7) is 5.41. The largest absolute Gasteiger partial charge is 0.497 e. The first kappa shape index (κ1) is 16.1. The second-order valence-electron chi connectivity index (χ2n) is 5.38. The highest BCUT2D eigenvalue weighted by molar-refractivity contribution is 7.99. The first-order valence-electron chi connectivity index (χ1n) is 7.74. The van der Waals surface area contributed by atoms with Gasteiger partial charge in [0.05, 0.1) is 13.2 Å². The van der Waals surface area contributed by atoms with Gasteiger partial charge in [-0.1, -0.05) is 17.8 Å². The van der Waals surface area contributed by atoms with Crippen LogP contribution in [0.1, 0.15) is 12.8 Å². The average molecular weight is 331 g/mol. The molecule has 1 aliphatic heterocycles. The highest BCUT2D eigenvalue weighted by Crippen LogP contribution is 2.27. The average Bonchev–Trinajstić information content (AvgIpc) is 3.23. The van der Waals surface area contributed by atoms with Crippen LogP contribution in [0.2, 0.25) is 0 Å². The maximum Gasteiger partial charge on any atom is 0.191 e. The van der Waals surface area contributed by atoms with Crippen LogP contribution in [0.3, 0.4) is 0 Å². The minimum atomic E-state index is 0.332. The van der Waals surface area contributed by atoms with Crippen molar-refractivity contribution in [2.75, 3.05) is 19.5 Å². The molecule has 1 atom stereocenters. The number of hydrogen-bond donors (Lipinski definition) is 0. The molecule has 0 N–H and O–H groups in total. The third-order valence-corrected chi connectivity index (χ3v) is 4.90. The maximum atomic E-state index is 5.68. The van der Waals surface area contributed by atoms with Gasteiger partial charge in [-0.25, -0.2) is 0 Å². The fraction of sp³-hybridized carbons (Fsp3) is 0.412. The van der Waals surface area contributed by atoms with Crippen LogP contribution in [0.15, 0.2) is 42.1 Å². The van der Waals surface area contributed by atoms with Crippen molar-refractivity contribution in [1.29, 1.82) is 0 Å². The quantitative estimate of drug-likeness (QED) is 0.575. The molecule has 1 aromatic heterocycles. The van der Waals surface area contributed by atoms with Crippen LogP contribution in [-0.2, 0) is 11.3 Å². The molecule has 1 aliphatic rings. The second-order valence-corrected chi connectivity index (χ2v) is 6.37. The molecule has 0 aliphatic carbocycles. The van der Waals surface area contributed by atoms with Gasteiger partial charge in [0.2, 0.25) is 0 Å². The molecule has 0 amide bonds. The molecule has 1 aromatic carbocycles. The van der Waals surface area contributed by atoms with Gasteiger partial charge in [0.15, 0.2) is 11.0 Å². The minimum Gasteiger partial charge on any atom is -0.497 e. The summed E-state index contributed by atoms with van der Waals surface area (Å²) in [5.74, 6) is 2.59. The number of nitrogens with zero attached hydrogens (tertiary/aromatic N) is 3. The van der Waals surface area contributed by atoms with Crippen molar-refractivity contribution in [3.63, 3.8) is 0 Å². The fourth-order valence-corrected chi connectivity index (χ4v) is 3.60. The first-order chi connectivity index (χ1) is 11.3. The Morgan fingerprint density at radius 3 is 2.87 bits per heavy atom. The number of hydrogen-bond acceptors (Lipinski definition) is 5. The third kappa shape index (κ3) is 3.76. The summed E-state index contributed by atoms with van der Waals surface area (Å²) in [4.78, 5) is 0. The number of ether oxygens (including phenoxy) is 2. The van der Waals surface area contributed by atoms with E-state index in [1.54, 1.807) is 18.9 Å². The van der Waals surface area contributed by atoms with E-state index in [1.807, 2.05) is 30.3 Å². The third-order valence-electron chi connectivity index (χ3n) is 3.80. The number of benzene rings is 1. The fourth-order valence-electron chi connectivity index (χ4n) is 2.59. The molecule has 122 valence electrons. The number of allylic oxidation sites excluding steroid dienone is 1. The molecule has 5 nitrogen and oxygen atoms in total. The summed E-state index contributed by atoms with van der Waals surface area (Å²) in [7, 11) is 1.66. The molecule has 0 saturated carbocycles. The van der Waals surface area contributed by atoms with Crippen LogP contribution >= 0.6 is 11.8 Å². The second kappa shape index (κ2) is 7.66. The summed E-state index contributed by atoms with van der Waals surface area (Å²) < 4.78 is 13.0. The van der Waals surface area contributed by atoms with Crippen molar-refractivity contribution < 1.29 is 9.47 Å². The lowest BCUT2D eigenvalue weighted by atomic mass is 10.2. The molecular weight excluding hydrogens is 310 g/mol. The van der Waals surface area contributed by atoms with Gasteiger partial charge in [-0.2, -0.15) is 0 Å². The number of rotatable bonds is 7. The summed E-state index contributed by atoms with van der Waals surface area (Å²) in [6.07, 6.45) is 4.49. The van der Waals surface area contributed by atoms with E-state index in [1.165, 1.54) is 0 Å². The predicted molar refractivity (Wildman–Crippen MR) is 91.9 cm³/mol.